The van der Waals surface area contributed by atoms with Gasteiger partial charge in [0, 0.05) is 22.1 Å². The summed E-state index contributed by atoms with van der Waals surface area (Å²) in [6, 6.07) is 55.3. The quantitative estimate of drug-likeness (QED) is 0.223. The largest absolute Gasteiger partial charge is 0.472 e. The third-order valence-corrected chi connectivity index (χ3v) is 7.69. The number of hydrogen-bond acceptors (Lipinski definition) is 1. The molecule has 6 aromatic rings. The molecule has 6 aromatic carbocycles. The molecule has 40 heavy (non-hydrogen) atoms. The van der Waals surface area contributed by atoms with Gasteiger partial charge in [-0.2, -0.15) is 0 Å². The molecule has 1 nitrogen and oxygen atoms in total. The lowest BCUT2D eigenvalue weighted by Crippen LogP contribution is -2.35. The standard InChI is InChI=1S/C39H28O/c1-5-15-29(16-6-1)37(30-17-7-2-8-18-30)27-32-28-39(33-20-9-3-10-21-33,34-22-11-4-12-23-34)40-38-35-24-14-13-19-31(35)25-26-36(32)38/h1-28H. The molecule has 1 aliphatic heterocycles. The van der Waals surface area contributed by atoms with Crippen LogP contribution in [0.1, 0.15) is 27.8 Å². The van der Waals surface area contributed by atoms with Crippen LogP contribution < -0.4 is 4.74 Å². The van der Waals surface area contributed by atoms with Crippen LogP contribution in [0.5, 0.6) is 5.75 Å². The predicted octanol–water partition coefficient (Wildman–Crippen LogP) is 9.69. The molecular weight excluding hydrogens is 484 g/mol. The number of hydrogen-bond donors (Lipinski definition) is 0. The van der Waals surface area contributed by atoms with Gasteiger partial charge in [0.15, 0.2) is 5.60 Å². The molecule has 0 saturated heterocycles. The summed E-state index contributed by atoms with van der Waals surface area (Å²) in [6.07, 6.45) is 4.64. The monoisotopic (exact) mass is 512 g/mol. The van der Waals surface area contributed by atoms with E-state index in [1.807, 2.05) is 0 Å². The van der Waals surface area contributed by atoms with Crippen LogP contribution in [0, 0.1) is 0 Å². The Kier molecular flexibility index (Phi) is 6.11. The van der Waals surface area contributed by atoms with Crippen molar-refractivity contribution in [2.24, 2.45) is 0 Å². The lowest BCUT2D eigenvalue weighted by atomic mass is 9.80. The van der Waals surface area contributed by atoms with Crippen LogP contribution in [-0.2, 0) is 5.60 Å². The SMILES string of the molecule is C(=C(c1ccccc1)c1ccccc1)C1=CC(c2ccccc2)(c2ccccc2)Oc2c1ccc1ccccc21. The van der Waals surface area contributed by atoms with Crippen LogP contribution in [0.3, 0.4) is 0 Å². The predicted molar refractivity (Wildman–Crippen MR) is 166 cm³/mol. The number of allylic oxidation sites excluding steroid dienone is 2. The van der Waals surface area contributed by atoms with Gasteiger partial charge in [0.25, 0.3) is 0 Å². The van der Waals surface area contributed by atoms with Crippen molar-refractivity contribution in [2.75, 3.05) is 0 Å². The summed E-state index contributed by atoms with van der Waals surface area (Å²) < 4.78 is 7.22. The van der Waals surface area contributed by atoms with E-state index in [0.29, 0.717) is 0 Å². The molecule has 0 aromatic heterocycles. The van der Waals surface area contributed by atoms with Crippen LogP contribution in [0.2, 0.25) is 0 Å². The zero-order chi connectivity index (χ0) is 26.8. The van der Waals surface area contributed by atoms with Crippen molar-refractivity contribution in [3.63, 3.8) is 0 Å². The highest BCUT2D eigenvalue weighted by molar-refractivity contribution is 5.99. The molecule has 0 N–H and O–H groups in total. The molecular formula is C39H28O. The maximum atomic E-state index is 7.22. The van der Waals surface area contributed by atoms with Gasteiger partial charge in [-0.3, -0.25) is 0 Å². The Bertz CT molecular complexity index is 1750. The van der Waals surface area contributed by atoms with Crippen LogP contribution in [-0.4, -0.2) is 0 Å². The zero-order valence-electron chi connectivity index (χ0n) is 22.1. The van der Waals surface area contributed by atoms with E-state index < -0.39 is 5.60 Å². The normalized spacial score (nSPS) is 13.6. The van der Waals surface area contributed by atoms with Crippen LogP contribution in [0.4, 0.5) is 0 Å². The molecule has 0 amide bonds. The topological polar surface area (TPSA) is 9.23 Å². The summed E-state index contributed by atoms with van der Waals surface area (Å²) in [7, 11) is 0. The molecule has 0 radical (unpaired) electrons. The van der Waals surface area contributed by atoms with Gasteiger partial charge in [-0.1, -0.05) is 158 Å². The van der Waals surface area contributed by atoms with Crippen molar-refractivity contribution in [1.29, 1.82) is 0 Å². The first-order valence-electron chi connectivity index (χ1n) is 13.7. The Morgan fingerprint density at radius 1 is 0.500 bits per heavy atom. The van der Waals surface area contributed by atoms with Crippen molar-refractivity contribution < 1.29 is 4.74 Å². The van der Waals surface area contributed by atoms with E-state index in [0.717, 1.165) is 38.8 Å². The second-order valence-corrected chi connectivity index (χ2v) is 10.1. The minimum Gasteiger partial charge on any atom is -0.472 e. The van der Waals surface area contributed by atoms with Crippen molar-refractivity contribution in [3.8, 4) is 5.75 Å². The van der Waals surface area contributed by atoms with E-state index in [-0.39, 0.29) is 0 Å². The van der Waals surface area contributed by atoms with Gasteiger partial charge in [-0.05, 0) is 39.8 Å². The number of ether oxygens (including phenoxy) is 1. The summed E-state index contributed by atoms with van der Waals surface area (Å²) >= 11 is 0. The zero-order valence-corrected chi connectivity index (χ0v) is 22.1. The van der Waals surface area contributed by atoms with Gasteiger partial charge in [-0.25, -0.2) is 0 Å². The highest BCUT2D eigenvalue weighted by atomic mass is 16.5. The van der Waals surface area contributed by atoms with E-state index in [2.05, 4.69) is 170 Å². The molecule has 0 unspecified atom stereocenters. The minimum absolute atomic E-state index is 0.802. The van der Waals surface area contributed by atoms with Gasteiger partial charge in [0.1, 0.15) is 5.75 Å². The molecule has 0 aliphatic carbocycles. The highest BCUT2D eigenvalue weighted by Gasteiger charge is 2.39. The van der Waals surface area contributed by atoms with Crippen LogP contribution in [0.15, 0.2) is 170 Å². The van der Waals surface area contributed by atoms with Crippen molar-refractivity contribution in [1.82, 2.24) is 0 Å². The molecule has 1 heteroatoms. The average Bonchev–Trinajstić information content (AvgIpc) is 3.05. The van der Waals surface area contributed by atoms with Gasteiger partial charge in [-0.15, -0.1) is 0 Å². The molecule has 0 saturated carbocycles. The molecule has 1 heterocycles. The van der Waals surface area contributed by atoms with Crippen LogP contribution >= 0.6 is 0 Å². The first-order valence-corrected chi connectivity index (χ1v) is 13.7. The maximum Gasteiger partial charge on any atom is 0.178 e. The molecule has 7 rings (SSSR count). The molecule has 0 fully saturated rings. The lowest BCUT2D eigenvalue weighted by Gasteiger charge is -2.38. The summed E-state index contributed by atoms with van der Waals surface area (Å²) in [6.45, 7) is 0. The number of rotatable bonds is 5. The molecule has 0 spiro atoms. The number of benzene rings is 6. The first kappa shape index (κ1) is 23.9. The summed E-state index contributed by atoms with van der Waals surface area (Å²) in [5.74, 6) is 0.903. The summed E-state index contributed by atoms with van der Waals surface area (Å²) in [5, 5.41) is 2.27. The minimum atomic E-state index is -0.802. The van der Waals surface area contributed by atoms with E-state index >= 15 is 0 Å². The van der Waals surface area contributed by atoms with E-state index in [4.69, 9.17) is 4.74 Å². The van der Waals surface area contributed by atoms with Crippen LogP contribution in [0.25, 0.3) is 21.9 Å². The lowest BCUT2D eigenvalue weighted by molar-refractivity contribution is 0.163. The third-order valence-electron chi connectivity index (χ3n) is 7.69. The van der Waals surface area contributed by atoms with Gasteiger partial charge in [0.05, 0.1) is 0 Å². The third kappa shape index (κ3) is 4.22. The Hall–Kier alpha value is -5.14. The maximum absolute atomic E-state index is 7.22. The summed E-state index contributed by atoms with van der Waals surface area (Å²) in [4.78, 5) is 0. The first-order chi connectivity index (χ1) is 19.8. The smallest absolute Gasteiger partial charge is 0.178 e. The Morgan fingerprint density at radius 3 is 1.57 bits per heavy atom. The average molecular weight is 513 g/mol. The molecule has 190 valence electrons. The second-order valence-electron chi connectivity index (χ2n) is 10.1. The Labute approximate surface area is 235 Å². The fourth-order valence-corrected chi connectivity index (χ4v) is 5.73. The van der Waals surface area contributed by atoms with Crippen molar-refractivity contribution in [2.45, 2.75) is 5.60 Å². The summed E-state index contributed by atoms with van der Waals surface area (Å²) in [5.41, 5.74) is 7.11. The molecule has 0 bridgehead atoms. The van der Waals surface area contributed by atoms with E-state index in [1.165, 1.54) is 16.7 Å². The number of fused-ring (bicyclic) bond motifs is 3. The van der Waals surface area contributed by atoms with Gasteiger partial charge in [0.2, 0.25) is 0 Å². The van der Waals surface area contributed by atoms with Crippen molar-refractivity contribution >= 4 is 21.9 Å². The molecule has 0 atom stereocenters. The Morgan fingerprint density at radius 2 is 1.00 bits per heavy atom. The molecule has 1 aliphatic rings. The van der Waals surface area contributed by atoms with E-state index in [1.54, 1.807) is 0 Å². The highest BCUT2D eigenvalue weighted by Crippen LogP contribution is 2.48. The second kappa shape index (κ2) is 10.2. The van der Waals surface area contributed by atoms with Gasteiger partial charge >= 0.3 is 0 Å². The fraction of sp³-hybridized carbons (Fsp3) is 0.0256. The Balaban J connectivity index is 1.57. The van der Waals surface area contributed by atoms with Crippen molar-refractivity contribution in [3.05, 3.63) is 198 Å². The fourth-order valence-electron chi connectivity index (χ4n) is 5.73. The van der Waals surface area contributed by atoms with Gasteiger partial charge < -0.3 is 4.74 Å². The van der Waals surface area contributed by atoms with E-state index in [9.17, 15) is 0 Å².